The molecule has 2 rings (SSSR count). The van der Waals surface area contributed by atoms with Gasteiger partial charge in [-0.25, -0.2) is 0 Å². The Bertz CT molecular complexity index is 389. The Hall–Kier alpha value is -0.770. The van der Waals surface area contributed by atoms with Gasteiger partial charge in [0, 0.05) is 0 Å². The maximum Gasteiger partial charge on any atom is 0.138 e. The zero-order chi connectivity index (χ0) is 13.0. The quantitative estimate of drug-likeness (QED) is 0.751. The van der Waals surface area contributed by atoms with Crippen molar-refractivity contribution in [2.75, 3.05) is 46.4 Å². The first kappa shape index (κ1) is 13.7. The highest BCUT2D eigenvalue weighted by molar-refractivity contribution is 6.32. The number of nitrogens with one attached hydrogen (secondary N) is 2. The van der Waals surface area contributed by atoms with E-state index in [9.17, 15) is 0 Å². The molecule has 0 saturated carbocycles. The highest BCUT2D eigenvalue weighted by Crippen LogP contribution is 2.24. The van der Waals surface area contributed by atoms with Gasteiger partial charge < -0.3 is 14.5 Å². The summed E-state index contributed by atoms with van der Waals surface area (Å²) in [6.07, 6.45) is 0. The molecule has 0 spiro atoms. The molecule has 0 bridgehead atoms. The molecular weight excluding hydrogens is 248 g/mol. The number of piperazine rings is 1. The average Bonchev–Trinajstić information content (AvgIpc) is 2.36. The summed E-state index contributed by atoms with van der Waals surface area (Å²) in [5.74, 6) is 0.816. The summed E-state index contributed by atoms with van der Waals surface area (Å²) < 4.78 is 5.79. The van der Waals surface area contributed by atoms with E-state index >= 15 is 0 Å². The van der Waals surface area contributed by atoms with Gasteiger partial charge >= 0.3 is 0 Å². The lowest BCUT2D eigenvalue weighted by molar-refractivity contribution is -1.00. The number of halogens is 1. The van der Waals surface area contributed by atoms with Gasteiger partial charge in [0.15, 0.2) is 0 Å². The van der Waals surface area contributed by atoms with Crippen molar-refractivity contribution < 1.29 is 14.5 Å². The van der Waals surface area contributed by atoms with Crippen LogP contribution in [0.4, 0.5) is 0 Å². The lowest BCUT2D eigenvalue weighted by atomic mass is 10.2. The van der Waals surface area contributed by atoms with Crippen molar-refractivity contribution in [3.8, 4) is 5.75 Å². The van der Waals surface area contributed by atoms with Crippen LogP contribution >= 0.6 is 11.6 Å². The van der Waals surface area contributed by atoms with Crippen molar-refractivity contribution in [2.45, 2.75) is 6.92 Å². The van der Waals surface area contributed by atoms with Gasteiger partial charge in [0.1, 0.15) is 45.1 Å². The van der Waals surface area contributed by atoms with Crippen LogP contribution in [-0.4, -0.2) is 46.4 Å². The van der Waals surface area contributed by atoms with E-state index in [0.29, 0.717) is 5.02 Å². The molecule has 18 heavy (non-hydrogen) atoms. The van der Waals surface area contributed by atoms with E-state index in [1.165, 1.54) is 31.7 Å². The summed E-state index contributed by atoms with van der Waals surface area (Å²) in [7, 11) is 2.26. The molecule has 1 aliphatic rings. The Balaban J connectivity index is 1.76. The summed E-state index contributed by atoms with van der Waals surface area (Å²) in [5.41, 5.74) is 1.19. The second kappa shape index (κ2) is 6.41. The molecule has 4 heteroatoms. The Morgan fingerprint density at radius 1 is 1.22 bits per heavy atom. The molecule has 1 aliphatic heterocycles. The van der Waals surface area contributed by atoms with E-state index < -0.39 is 0 Å². The molecule has 0 unspecified atom stereocenters. The molecule has 100 valence electrons. The summed E-state index contributed by atoms with van der Waals surface area (Å²) in [6.45, 7) is 8.89. The first-order valence-corrected chi connectivity index (χ1v) is 7.07. The van der Waals surface area contributed by atoms with Crippen LogP contribution in [0.15, 0.2) is 18.2 Å². The molecule has 3 nitrogen and oxygen atoms in total. The van der Waals surface area contributed by atoms with Crippen molar-refractivity contribution in [3.63, 3.8) is 0 Å². The van der Waals surface area contributed by atoms with Crippen molar-refractivity contribution in [2.24, 2.45) is 0 Å². The first-order chi connectivity index (χ1) is 8.65. The number of hydrogen-bond donors (Lipinski definition) is 2. The van der Waals surface area contributed by atoms with E-state index in [-0.39, 0.29) is 0 Å². The van der Waals surface area contributed by atoms with Crippen LogP contribution in [0.25, 0.3) is 0 Å². The maximum absolute atomic E-state index is 6.10. The summed E-state index contributed by atoms with van der Waals surface area (Å²) in [5, 5.41) is 0.707. The fourth-order valence-electron chi connectivity index (χ4n) is 2.31. The smallest absolute Gasteiger partial charge is 0.138 e. The Kier molecular flexibility index (Phi) is 4.87. The van der Waals surface area contributed by atoms with Crippen LogP contribution in [0.1, 0.15) is 5.56 Å². The molecule has 1 aromatic rings. The summed E-state index contributed by atoms with van der Waals surface area (Å²) >= 11 is 6.10. The fraction of sp³-hybridized carbons (Fsp3) is 0.571. The number of hydrogen-bond acceptors (Lipinski definition) is 1. The molecule has 1 heterocycles. The van der Waals surface area contributed by atoms with E-state index in [2.05, 4.69) is 14.0 Å². The van der Waals surface area contributed by atoms with Crippen LogP contribution in [0.5, 0.6) is 5.75 Å². The summed E-state index contributed by atoms with van der Waals surface area (Å²) in [4.78, 5) is 3.28. The average molecular weight is 271 g/mol. The fourth-order valence-corrected chi connectivity index (χ4v) is 2.48. The Morgan fingerprint density at radius 3 is 2.67 bits per heavy atom. The first-order valence-electron chi connectivity index (χ1n) is 6.69. The third-order valence-electron chi connectivity index (χ3n) is 3.61. The van der Waals surface area contributed by atoms with Gasteiger partial charge in [-0.15, -0.1) is 0 Å². The summed E-state index contributed by atoms with van der Waals surface area (Å²) in [6, 6.07) is 5.91. The number of rotatable bonds is 4. The van der Waals surface area contributed by atoms with Gasteiger partial charge in [0.25, 0.3) is 0 Å². The zero-order valence-corrected chi connectivity index (χ0v) is 12.0. The van der Waals surface area contributed by atoms with Crippen LogP contribution in [0.3, 0.4) is 0 Å². The zero-order valence-electron chi connectivity index (χ0n) is 11.3. The lowest BCUT2D eigenvalue weighted by Gasteiger charge is -2.27. The van der Waals surface area contributed by atoms with Gasteiger partial charge in [-0.1, -0.05) is 17.7 Å². The predicted molar refractivity (Wildman–Crippen MR) is 73.9 cm³/mol. The Morgan fingerprint density at radius 2 is 1.94 bits per heavy atom. The number of likely N-dealkylation sites (N-methyl/N-ethyl adjacent to an activating group) is 1. The Labute approximate surface area is 114 Å². The van der Waals surface area contributed by atoms with Crippen molar-refractivity contribution in [1.29, 1.82) is 0 Å². The van der Waals surface area contributed by atoms with Crippen LogP contribution in [0.2, 0.25) is 5.02 Å². The third kappa shape index (κ3) is 3.87. The molecular formula is C14H23ClN2O+2. The molecule has 0 aliphatic carbocycles. The monoisotopic (exact) mass is 270 g/mol. The minimum atomic E-state index is 0.707. The normalized spacial score (nSPS) is 23.9. The molecule has 0 aromatic heterocycles. The largest absolute Gasteiger partial charge is 0.486 e. The minimum Gasteiger partial charge on any atom is -0.486 e. The second-order valence-corrected chi connectivity index (χ2v) is 5.65. The highest BCUT2D eigenvalue weighted by atomic mass is 35.5. The van der Waals surface area contributed by atoms with Crippen molar-refractivity contribution >= 4 is 11.6 Å². The van der Waals surface area contributed by atoms with E-state index in [1.807, 2.05) is 18.2 Å². The molecule has 1 fully saturated rings. The third-order valence-corrected chi connectivity index (χ3v) is 3.92. The van der Waals surface area contributed by atoms with Crippen LogP contribution in [-0.2, 0) is 0 Å². The van der Waals surface area contributed by atoms with Gasteiger partial charge in [-0.2, -0.15) is 0 Å². The number of quaternary nitrogens is 2. The standard InChI is InChI=1S/C14H21ClN2O/c1-12-3-4-13(15)14(11-12)18-10-9-17-7-5-16(2)6-8-17/h3-4,11H,5-10H2,1-2H3/p+2. The maximum atomic E-state index is 6.10. The minimum absolute atomic E-state index is 0.707. The molecule has 0 atom stereocenters. The van der Waals surface area contributed by atoms with Crippen molar-refractivity contribution in [3.05, 3.63) is 28.8 Å². The topological polar surface area (TPSA) is 18.1 Å². The van der Waals surface area contributed by atoms with E-state index in [0.717, 1.165) is 18.9 Å². The van der Waals surface area contributed by atoms with Gasteiger partial charge in [0.2, 0.25) is 0 Å². The van der Waals surface area contributed by atoms with Crippen LogP contribution in [0, 0.1) is 6.92 Å². The highest BCUT2D eigenvalue weighted by Gasteiger charge is 2.19. The number of ether oxygens (including phenoxy) is 1. The molecule has 0 amide bonds. The van der Waals surface area contributed by atoms with E-state index in [4.69, 9.17) is 16.3 Å². The molecule has 1 saturated heterocycles. The molecule has 1 aromatic carbocycles. The van der Waals surface area contributed by atoms with Gasteiger partial charge in [-0.05, 0) is 24.6 Å². The van der Waals surface area contributed by atoms with Crippen LogP contribution < -0.4 is 14.5 Å². The van der Waals surface area contributed by atoms with E-state index in [1.54, 1.807) is 9.80 Å². The predicted octanol–water partition coefficient (Wildman–Crippen LogP) is -0.560. The lowest BCUT2D eigenvalue weighted by Crippen LogP contribution is -3.27. The molecule has 0 radical (unpaired) electrons. The van der Waals surface area contributed by atoms with Crippen molar-refractivity contribution in [1.82, 2.24) is 0 Å². The second-order valence-electron chi connectivity index (χ2n) is 5.24. The van der Waals surface area contributed by atoms with Gasteiger partial charge in [0.05, 0.1) is 12.1 Å². The SMILES string of the molecule is Cc1ccc(Cl)c(OCC[NH+]2CC[NH+](C)CC2)c1. The number of benzene rings is 1. The van der Waals surface area contributed by atoms with Gasteiger partial charge in [-0.3, -0.25) is 0 Å². The number of aryl methyl sites for hydroxylation is 1. The molecule has 2 N–H and O–H groups in total.